The molecule has 0 aromatic heterocycles. The second kappa shape index (κ2) is 8.40. The van der Waals surface area contributed by atoms with Gasteiger partial charge in [-0.05, 0) is 37.6 Å². The average Bonchev–Trinajstić information content (AvgIpc) is 2.38. The molecule has 0 aliphatic rings. The van der Waals surface area contributed by atoms with Crippen LogP contribution < -0.4 is 15.8 Å². The first-order valence-corrected chi connectivity index (χ1v) is 6.89. The van der Waals surface area contributed by atoms with Gasteiger partial charge in [0.15, 0.2) is 0 Å². The van der Waals surface area contributed by atoms with E-state index in [-0.39, 0.29) is 12.3 Å². The molecule has 4 nitrogen and oxygen atoms in total. The van der Waals surface area contributed by atoms with E-state index in [1.807, 2.05) is 24.3 Å². The highest BCUT2D eigenvalue weighted by molar-refractivity contribution is 5.73. The van der Waals surface area contributed by atoms with Crippen LogP contribution in [0.5, 0.6) is 5.75 Å². The van der Waals surface area contributed by atoms with Gasteiger partial charge in [0.2, 0.25) is 5.91 Å². The highest BCUT2D eigenvalue weighted by Crippen LogP contribution is 2.17. The second-order valence-electron chi connectivity index (χ2n) is 4.78. The summed E-state index contributed by atoms with van der Waals surface area (Å²) >= 11 is 0. The fourth-order valence-electron chi connectivity index (χ4n) is 1.78. The quantitative estimate of drug-likeness (QED) is 0.720. The van der Waals surface area contributed by atoms with Crippen molar-refractivity contribution in [1.82, 2.24) is 0 Å². The van der Waals surface area contributed by atoms with Gasteiger partial charge in [-0.2, -0.15) is 0 Å². The second-order valence-corrected chi connectivity index (χ2v) is 4.78. The minimum absolute atomic E-state index is 0.244. The number of anilines is 1. The minimum Gasteiger partial charge on any atom is -0.493 e. The third-order valence-electron chi connectivity index (χ3n) is 2.88. The van der Waals surface area contributed by atoms with Crippen molar-refractivity contribution >= 4 is 11.6 Å². The van der Waals surface area contributed by atoms with Gasteiger partial charge in [0.25, 0.3) is 0 Å². The van der Waals surface area contributed by atoms with Crippen molar-refractivity contribution in [2.24, 2.45) is 5.73 Å². The summed E-state index contributed by atoms with van der Waals surface area (Å²) in [6, 6.07) is 8.25. The normalized spacial score (nSPS) is 11.9. The minimum atomic E-state index is -0.344. The number of hydrogen-bond acceptors (Lipinski definition) is 3. The number of nitrogens with two attached hydrogens (primary N) is 1. The van der Waals surface area contributed by atoms with E-state index in [0.29, 0.717) is 12.6 Å². The van der Waals surface area contributed by atoms with E-state index in [1.165, 1.54) is 19.3 Å². The third kappa shape index (κ3) is 6.70. The Bertz CT molecular complexity index is 376. The summed E-state index contributed by atoms with van der Waals surface area (Å²) in [5.74, 6) is 0.413. The van der Waals surface area contributed by atoms with Gasteiger partial charge < -0.3 is 15.8 Å². The van der Waals surface area contributed by atoms with E-state index in [1.54, 1.807) is 0 Å². The number of rotatable bonds is 9. The number of nitrogens with one attached hydrogen (secondary N) is 1. The number of ether oxygens (including phenoxy) is 1. The molecule has 1 rings (SSSR count). The van der Waals surface area contributed by atoms with E-state index in [4.69, 9.17) is 10.5 Å². The summed E-state index contributed by atoms with van der Waals surface area (Å²) in [4.78, 5) is 10.6. The van der Waals surface area contributed by atoms with Crippen LogP contribution in [0.4, 0.5) is 5.69 Å². The third-order valence-corrected chi connectivity index (χ3v) is 2.88. The highest BCUT2D eigenvalue weighted by atomic mass is 16.5. The van der Waals surface area contributed by atoms with Crippen LogP contribution >= 0.6 is 0 Å². The molecule has 1 unspecified atom stereocenters. The first-order valence-electron chi connectivity index (χ1n) is 6.89. The van der Waals surface area contributed by atoms with E-state index < -0.39 is 0 Å². The van der Waals surface area contributed by atoms with Gasteiger partial charge in [-0.25, -0.2) is 0 Å². The van der Waals surface area contributed by atoms with E-state index in [0.717, 1.165) is 11.4 Å². The SMILES string of the molecule is CCCCC(C)Nc1ccc(OCCC(N)=O)cc1. The number of amides is 1. The molecule has 0 radical (unpaired) electrons. The fourth-order valence-corrected chi connectivity index (χ4v) is 1.78. The Morgan fingerprint density at radius 1 is 1.37 bits per heavy atom. The molecular formula is C15H24N2O2. The first-order chi connectivity index (χ1) is 9.11. The monoisotopic (exact) mass is 264 g/mol. The Labute approximate surface area is 115 Å². The first kappa shape index (κ1) is 15.3. The predicted molar refractivity (Wildman–Crippen MR) is 78.4 cm³/mol. The van der Waals surface area contributed by atoms with Gasteiger partial charge >= 0.3 is 0 Å². The average molecular weight is 264 g/mol. The highest BCUT2D eigenvalue weighted by Gasteiger charge is 2.02. The number of carbonyl (C=O) groups excluding carboxylic acids is 1. The van der Waals surface area contributed by atoms with Crippen LogP contribution in [0.3, 0.4) is 0 Å². The molecule has 1 atom stereocenters. The van der Waals surface area contributed by atoms with Crippen molar-refractivity contribution in [2.75, 3.05) is 11.9 Å². The Hall–Kier alpha value is -1.71. The molecular weight excluding hydrogens is 240 g/mol. The molecule has 0 saturated heterocycles. The molecule has 0 aliphatic carbocycles. The Kier molecular flexibility index (Phi) is 6.79. The molecule has 0 saturated carbocycles. The van der Waals surface area contributed by atoms with Gasteiger partial charge in [-0.15, -0.1) is 0 Å². The lowest BCUT2D eigenvalue weighted by Gasteiger charge is -2.15. The fraction of sp³-hybridized carbons (Fsp3) is 0.533. The molecule has 4 heteroatoms. The molecule has 1 aromatic carbocycles. The zero-order valence-corrected chi connectivity index (χ0v) is 11.8. The molecule has 0 aliphatic heterocycles. The Morgan fingerprint density at radius 2 is 2.05 bits per heavy atom. The summed E-state index contributed by atoms with van der Waals surface area (Å²) in [5, 5.41) is 3.45. The summed E-state index contributed by atoms with van der Waals surface area (Å²) in [5.41, 5.74) is 6.14. The molecule has 1 amide bonds. The van der Waals surface area contributed by atoms with Crippen LogP contribution in [-0.2, 0) is 4.79 Å². The van der Waals surface area contributed by atoms with Crippen molar-refractivity contribution in [3.8, 4) is 5.75 Å². The van der Waals surface area contributed by atoms with Crippen LogP contribution in [-0.4, -0.2) is 18.6 Å². The molecule has 0 bridgehead atoms. The maximum Gasteiger partial charge on any atom is 0.220 e. The molecule has 3 N–H and O–H groups in total. The number of hydrogen-bond donors (Lipinski definition) is 2. The van der Waals surface area contributed by atoms with Crippen molar-refractivity contribution in [3.63, 3.8) is 0 Å². The lowest BCUT2D eigenvalue weighted by atomic mass is 10.1. The summed E-state index contributed by atoms with van der Waals surface area (Å²) in [7, 11) is 0. The zero-order chi connectivity index (χ0) is 14.1. The number of benzene rings is 1. The van der Waals surface area contributed by atoms with Crippen molar-refractivity contribution in [1.29, 1.82) is 0 Å². The molecule has 19 heavy (non-hydrogen) atoms. The molecule has 0 fully saturated rings. The number of carbonyl (C=O) groups is 1. The smallest absolute Gasteiger partial charge is 0.220 e. The molecule has 0 heterocycles. The van der Waals surface area contributed by atoms with Crippen molar-refractivity contribution in [2.45, 2.75) is 45.6 Å². The van der Waals surface area contributed by atoms with Gasteiger partial charge in [0.1, 0.15) is 5.75 Å². The molecule has 106 valence electrons. The summed E-state index contributed by atoms with van der Waals surface area (Å²) < 4.78 is 5.41. The van der Waals surface area contributed by atoms with Gasteiger partial charge in [0.05, 0.1) is 13.0 Å². The lowest BCUT2D eigenvalue weighted by molar-refractivity contribution is -0.118. The van der Waals surface area contributed by atoms with Crippen LogP contribution in [0.15, 0.2) is 24.3 Å². The zero-order valence-electron chi connectivity index (χ0n) is 11.8. The lowest BCUT2D eigenvalue weighted by Crippen LogP contribution is -2.15. The summed E-state index contributed by atoms with van der Waals surface area (Å²) in [6.07, 6.45) is 3.88. The van der Waals surface area contributed by atoms with Crippen LogP contribution in [0, 0.1) is 0 Å². The van der Waals surface area contributed by atoms with E-state index >= 15 is 0 Å². The largest absolute Gasteiger partial charge is 0.493 e. The van der Waals surface area contributed by atoms with Crippen LogP contribution in [0.25, 0.3) is 0 Å². The van der Waals surface area contributed by atoms with Crippen LogP contribution in [0.2, 0.25) is 0 Å². The van der Waals surface area contributed by atoms with Gasteiger partial charge in [-0.1, -0.05) is 19.8 Å². The summed E-state index contributed by atoms with van der Waals surface area (Å²) in [6.45, 7) is 4.72. The van der Waals surface area contributed by atoms with E-state index in [2.05, 4.69) is 19.2 Å². The molecule has 1 aromatic rings. The van der Waals surface area contributed by atoms with E-state index in [9.17, 15) is 4.79 Å². The standard InChI is InChI=1S/C15H24N2O2/c1-3-4-5-12(2)17-13-6-8-14(9-7-13)19-11-10-15(16)18/h6-9,12,17H,3-5,10-11H2,1-2H3,(H2,16,18). The van der Waals surface area contributed by atoms with Gasteiger partial charge in [-0.3, -0.25) is 4.79 Å². The maximum atomic E-state index is 10.6. The maximum absolute atomic E-state index is 10.6. The topological polar surface area (TPSA) is 64.3 Å². The predicted octanol–water partition coefficient (Wildman–Crippen LogP) is 2.93. The van der Waals surface area contributed by atoms with Crippen LogP contribution in [0.1, 0.15) is 39.5 Å². The Morgan fingerprint density at radius 3 is 2.63 bits per heavy atom. The van der Waals surface area contributed by atoms with Crippen molar-refractivity contribution in [3.05, 3.63) is 24.3 Å². The number of unbranched alkanes of at least 4 members (excludes halogenated alkanes) is 1. The van der Waals surface area contributed by atoms with Gasteiger partial charge in [0, 0.05) is 11.7 Å². The Balaban J connectivity index is 2.36. The molecule has 0 spiro atoms. The number of primary amides is 1. The van der Waals surface area contributed by atoms with Crippen molar-refractivity contribution < 1.29 is 9.53 Å².